The molecular weight excluding hydrogens is 332 g/mol. The number of carbonyl (C=O) groups excluding carboxylic acids is 1. The standard InChI is InChI=1S/C18H28N6O2/c1-18(2)14-15(25)22-17(26-18)21-6-3-4-9-23-10-12-24(13-11-23)16-19-7-5-8-20-16/h5,7-8H,3-4,6,9-14H2,1-2H3,(H,21,22,25). The third-order valence-corrected chi connectivity index (χ3v) is 4.55. The minimum Gasteiger partial charge on any atom is -0.458 e. The second kappa shape index (κ2) is 8.44. The van der Waals surface area contributed by atoms with E-state index < -0.39 is 5.60 Å². The number of rotatable bonds is 6. The molecule has 3 heterocycles. The minimum absolute atomic E-state index is 0.0275. The molecule has 1 aromatic heterocycles. The Morgan fingerprint density at radius 1 is 1.19 bits per heavy atom. The van der Waals surface area contributed by atoms with E-state index in [0.29, 0.717) is 19.0 Å². The van der Waals surface area contributed by atoms with Crippen LogP contribution < -0.4 is 10.2 Å². The number of piperazine rings is 1. The van der Waals surface area contributed by atoms with Gasteiger partial charge >= 0.3 is 0 Å². The molecule has 2 saturated heterocycles. The van der Waals surface area contributed by atoms with Crippen molar-refractivity contribution in [2.24, 2.45) is 4.99 Å². The van der Waals surface area contributed by atoms with E-state index >= 15 is 0 Å². The summed E-state index contributed by atoms with van der Waals surface area (Å²) in [6.45, 7) is 9.52. The Hall–Kier alpha value is -2.22. The zero-order valence-electron chi connectivity index (χ0n) is 15.6. The maximum atomic E-state index is 11.6. The molecule has 8 heteroatoms. The summed E-state index contributed by atoms with van der Waals surface area (Å²) in [6, 6.07) is 2.20. The van der Waals surface area contributed by atoms with Crippen molar-refractivity contribution in [1.82, 2.24) is 20.2 Å². The smallest absolute Gasteiger partial charge is 0.291 e. The van der Waals surface area contributed by atoms with Gasteiger partial charge in [-0.05, 0) is 39.3 Å². The highest BCUT2D eigenvalue weighted by molar-refractivity contribution is 5.96. The van der Waals surface area contributed by atoms with Crippen LogP contribution in [0.5, 0.6) is 0 Å². The molecule has 0 aliphatic carbocycles. The van der Waals surface area contributed by atoms with Gasteiger partial charge in [0.2, 0.25) is 11.9 Å². The van der Waals surface area contributed by atoms with Gasteiger partial charge in [0.15, 0.2) is 0 Å². The lowest BCUT2D eigenvalue weighted by Gasteiger charge is -2.34. The number of hydrogen-bond donors (Lipinski definition) is 1. The maximum absolute atomic E-state index is 11.6. The predicted molar refractivity (Wildman–Crippen MR) is 100 cm³/mol. The summed E-state index contributed by atoms with van der Waals surface area (Å²) in [6.07, 6.45) is 6.00. The molecule has 1 aromatic rings. The Morgan fingerprint density at radius 2 is 1.92 bits per heavy atom. The molecule has 0 unspecified atom stereocenters. The molecule has 142 valence electrons. The monoisotopic (exact) mass is 360 g/mol. The zero-order valence-corrected chi connectivity index (χ0v) is 15.6. The molecule has 2 aliphatic heterocycles. The second-order valence-electron chi connectivity index (χ2n) is 7.36. The highest BCUT2D eigenvalue weighted by Crippen LogP contribution is 2.18. The Balaban J connectivity index is 1.32. The fourth-order valence-electron chi connectivity index (χ4n) is 3.20. The van der Waals surface area contributed by atoms with Crippen LogP contribution in [0.1, 0.15) is 33.1 Å². The summed E-state index contributed by atoms with van der Waals surface area (Å²) in [7, 11) is 0. The van der Waals surface area contributed by atoms with E-state index in [-0.39, 0.29) is 5.91 Å². The van der Waals surface area contributed by atoms with E-state index in [4.69, 9.17) is 4.74 Å². The van der Waals surface area contributed by atoms with Gasteiger partial charge in [-0.2, -0.15) is 0 Å². The number of amides is 1. The molecule has 3 rings (SSSR count). The number of aromatic nitrogens is 2. The number of carbonyl (C=O) groups is 1. The third-order valence-electron chi connectivity index (χ3n) is 4.55. The molecule has 26 heavy (non-hydrogen) atoms. The number of anilines is 1. The molecule has 8 nitrogen and oxygen atoms in total. The van der Waals surface area contributed by atoms with Crippen LogP contribution >= 0.6 is 0 Å². The summed E-state index contributed by atoms with van der Waals surface area (Å²) < 4.78 is 5.68. The first-order valence-corrected chi connectivity index (χ1v) is 9.29. The summed E-state index contributed by atoms with van der Waals surface area (Å²) in [5.41, 5.74) is -0.469. The van der Waals surface area contributed by atoms with Crippen molar-refractivity contribution in [3.63, 3.8) is 0 Å². The predicted octanol–water partition coefficient (Wildman–Crippen LogP) is 1.05. The largest absolute Gasteiger partial charge is 0.458 e. The lowest BCUT2D eigenvalue weighted by molar-refractivity contribution is -0.126. The van der Waals surface area contributed by atoms with Crippen molar-refractivity contribution < 1.29 is 9.53 Å². The highest BCUT2D eigenvalue weighted by atomic mass is 16.5. The van der Waals surface area contributed by atoms with Gasteiger partial charge < -0.3 is 9.64 Å². The number of aliphatic imine (C=N–C) groups is 1. The van der Waals surface area contributed by atoms with Crippen LogP contribution in [-0.4, -0.2) is 71.7 Å². The quantitative estimate of drug-likeness (QED) is 0.764. The van der Waals surface area contributed by atoms with Crippen molar-refractivity contribution in [2.45, 2.75) is 38.7 Å². The van der Waals surface area contributed by atoms with Crippen LogP contribution in [0.4, 0.5) is 5.95 Å². The van der Waals surface area contributed by atoms with Crippen LogP contribution in [0, 0.1) is 0 Å². The Morgan fingerprint density at radius 3 is 2.62 bits per heavy atom. The number of amidine groups is 1. The Bertz CT molecular complexity index is 626. The summed E-state index contributed by atoms with van der Waals surface area (Å²) in [5, 5.41) is 2.69. The van der Waals surface area contributed by atoms with E-state index in [1.807, 2.05) is 19.9 Å². The molecule has 1 amide bonds. The first kappa shape index (κ1) is 18.6. The Labute approximate surface area is 154 Å². The van der Waals surface area contributed by atoms with Crippen molar-refractivity contribution >= 4 is 17.9 Å². The van der Waals surface area contributed by atoms with Crippen LogP contribution in [0.3, 0.4) is 0 Å². The average molecular weight is 360 g/mol. The van der Waals surface area contributed by atoms with Crippen LogP contribution in [-0.2, 0) is 9.53 Å². The lowest BCUT2D eigenvalue weighted by atomic mass is 10.0. The topological polar surface area (TPSA) is 83.0 Å². The number of hydrogen-bond acceptors (Lipinski definition) is 7. The van der Waals surface area contributed by atoms with Crippen LogP contribution in [0.25, 0.3) is 0 Å². The van der Waals surface area contributed by atoms with E-state index in [9.17, 15) is 4.79 Å². The van der Waals surface area contributed by atoms with Gasteiger partial charge in [-0.25, -0.2) is 15.0 Å². The molecule has 1 N–H and O–H groups in total. The number of nitrogens with one attached hydrogen (secondary N) is 1. The van der Waals surface area contributed by atoms with E-state index in [0.717, 1.165) is 51.5 Å². The summed E-state index contributed by atoms with van der Waals surface area (Å²) in [5.74, 6) is 0.792. The van der Waals surface area contributed by atoms with Gasteiger partial charge in [-0.15, -0.1) is 0 Å². The fourth-order valence-corrected chi connectivity index (χ4v) is 3.20. The normalized spacial score (nSPS) is 22.2. The van der Waals surface area contributed by atoms with Crippen molar-refractivity contribution in [2.75, 3.05) is 44.2 Å². The van der Waals surface area contributed by atoms with Crippen molar-refractivity contribution in [3.8, 4) is 0 Å². The highest BCUT2D eigenvalue weighted by Gasteiger charge is 2.31. The molecule has 0 spiro atoms. The van der Waals surface area contributed by atoms with Gasteiger partial charge in [0.25, 0.3) is 6.02 Å². The summed E-state index contributed by atoms with van der Waals surface area (Å²) in [4.78, 5) is 29.3. The first-order valence-electron chi connectivity index (χ1n) is 9.29. The SMILES string of the molecule is CC1(C)CC(=O)NC(=NCCCCN2CCN(c3ncccn3)CC2)O1. The molecular formula is C18H28N6O2. The van der Waals surface area contributed by atoms with Crippen LogP contribution in [0.2, 0.25) is 0 Å². The lowest BCUT2D eigenvalue weighted by Crippen LogP contribution is -2.48. The van der Waals surface area contributed by atoms with Gasteiger partial charge in [0.1, 0.15) is 5.60 Å². The minimum atomic E-state index is -0.469. The van der Waals surface area contributed by atoms with E-state index in [2.05, 4.69) is 30.1 Å². The fraction of sp³-hybridized carbons (Fsp3) is 0.667. The van der Waals surface area contributed by atoms with Gasteiger partial charge in [0, 0.05) is 45.1 Å². The molecule has 0 atom stereocenters. The molecule has 0 bridgehead atoms. The van der Waals surface area contributed by atoms with Gasteiger partial charge in [-0.3, -0.25) is 15.0 Å². The van der Waals surface area contributed by atoms with Gasteiger partial charge in [0.05, 0.1) is 6.42 Å². The number of unbranched alkanes of at least 4 members (excludes halogenated alkanes) is 1. The molecule has 2 fully saturated rings. The van der Waals surface area contributed by atoms with E-state index in [1.165, 1.54) is 0 Å². The van der Waals surface area contributed by atoms with Crippen molar-refractivity contribution in [1.29, 1.82) is 0 Å². The van der Waals surface area contributed by atoms with E-state index in [1.54, 1.807) is 12.4 Å². The maximum Gasteiger partial charge on any atom is 0.291 e. The molecule has 2 aliphatic rings. The molecule has 0 saturated carbocycles. The first-order chi connectivity index (χ1) is 12.5. The van der Waals surface area contributed by atoms with Crippen molar-refractivity contribution in [3.05, 3.63) is 18.5 Å². The summed E-state index contributed by atoms with van der Waals surface area (Å²) >= 11 is 0. The molecule has 0 radical (unpaired) electrons. The third kappa shape index (κ3) is 5.39. The average Bonchev–Trinajstić information content (AvgIpc) is 2.61. The van der Waals surface area contributed by atoms with Gasteiger partial charge in [-0.1, -0.05) is 0 Å². The second-order valence-corrected chi connectivity index (χ2v) is 7.36. The van der Waals surface area contributed by atoms with Crippen LogP contribution in [0.15, 0.2) is 23.5 Å². The number of ether oxygens (including phenoxy) is 1. The Kier molecular flexibility index (Phi) is 6.03. The number of nitrogens with zero attached hydrogens (tertiary/aromatic N) is 5. The molecule has 0 aromatic carbocycles. The zero-order chi connectivity index (χ0) is 18.4.